The third-order valence-corrected chi connectivity index (χ3v) is 2.48. The first-order valence-electron chi connectivity index (χ1n) is 5.17. The van der Waals surface area contributed by atoms with Crippen molar-refractivity contribution in [3.05, 3.63) is 23.3 Å². The molecule has 0 aliphatic heterocycles. The number of aromatic nitrogens is 2. The molecule has 0 spiro atoms. The standard InChI is InChI=1S/C11H16N2O2/c1-4-8(5-2)9-6-10(11(14)15)13-7(3)12-9/h6,8H,4-5H2,1-3H3,(H,14,15). The lowest BCUT2D eigenvalue weighted by atomic mass is 9.98. The van der Waals surface area contributed by atoms with Gasteiger partial charge in [-0.3, -0.25) is 0 Å². The summed E-state index contributed by atoms with van der Waals surface area (Å²) in [6, 6.07) is 1.58. The number of hydrogen-bond acceptors (Lipinski definition) is 3. The molecule has 0 aliphatic carbocycles. The number of hydrogen-bond donors (Lipinski definition) is 1. The van der Waals surface area contributed by atoms with Crippen LogP contribution in [0.15, 0.2) is 6.07 Å². The highest BCUT2D eigenvalue weighted by Gasteiger charge is 2.13. The van der Waals surface area contributed by atoms with E-state index in [4.69, 9.17) is 5.11 Å². The monoisotopic (exact) mass is 208 g/mol. The molecule has 0 amide bonds. The Morgan fingerprint density at radius 2 is 2.00 bits per heavy atom. The van der Waals surface area contributed by atoms with Gasteiger partial charge in [0.1, 0.15) is 5.82 Å². The number of rotatable bonds is 4. The summed E-state index contributed by atoms with van der Waals surface area (Å²) in [6.07, 6.45) is 1.93. The molecular formula is C11H16N2O2. The molecule has 0 aromatic carbocycles. The molecule has 0 saturated heterocycles. The Balaban J connectivity index is 3.13. The Labute approximate surface area is 89.4 Å². The van der Waals surface area contributed by atoms with Crippen molar-refractivity contribution in [2.24, 2.45) is 0 Å². The molecule has 0 atom stereocenters. The minimum Gasteiger partial charge on any atom is -0.477 e. The third-order valence-electron chi connectivity index (χ3n) is 2.48. The van der Waals surface area contributed by atoms with Gasteiger partial charge in [0.05, 0.1) is 0 Å². The van der Waals surface area contributed by atoms with E-state index in [1.165, 1.54) is 0 Å². The van der Waals surface area contributed by atoms with Gasteiger partial charge in [0.25, 0.3) is 0 Å². The lowest BCUT2D eigenvalue weighted by Gasteiger charge is -2.12. The largest absolute Gasteiger partial charge is 0.477 e. The first-order valence-corrected chi connectivity index (χ1v) is 5.17. The van der Waals surface area contributed by atoms with Crippen LogP contribution in [0.1, 0.15) is 54.6 Å². The second kappa shape index (κ2) is 4.87. The van der Waals surface area contributed by atoms with Gasteiger partial charge in [0, 0.05) is 11.6 Å². The van der Waals surface area contributed by atoms with Crippen molar-refractivity contribution >= 4 is 5.97 Å². The zero-order chi connectivity index (χ0) is 11.4. The predicted octanol–water partition coefficient (Wildman–Crippen LogP) is 2.39. The van der Waals surface area contributed by atoms with E-state index in [0.717, 1.165) is 18.5 Å². The van der Waals surface area contributed by atoms with Gasteiger partial charge in [0.15, 0.2) is 5.69 Å². The first-order chi connectivity index (χ1) is 7.08. The second-order valence-electron chi connectivity index (χ2n) is 3.54. The molecule has 1 N–H and O–H groups in total. The summed E-state index contributed by atoms with van der Waals surface area (Å²) in [4.78, 5) is 19.0. The summed E-state index contributed by atoms with van der Waals surface area (Å²) in [6.45, 7) is 5.87. The van der Waals surface area contributed by atoms with Crippen LogP contribution in [0.3, 0.4) is 0 Å². The molecule has 15 heavy (non-hydrogen) atoms. The average molecular weight is 208 g/mol. The minimum atomic E-state index is -0.993. The maximum atomic E-state index is 10.8. The van der Waals surface area contributed by atoms with Gasteiger partial charge in [-0.25, -0.2) is 14.8 Å². The van der Waals surface area contributed by atoms with Gasteiger partial charge in [-0.15, -0.1) is 0 Å². The van der Waals surface area contributed by atoms with Crippen molar-refractivity contribution in [2.45, 2.75) is 39.5 Å². The Morgan fingerprint density at radius 1 is 1.40 bits per heavy atom. The van der Waals surface area contributed by atoms with Crippen molar-refractivity contribution in [2.75, 3.05) is 0 Å². The molecule has 0 saturated carbocycles. The van der Waals surface area contributed by atoms with Gasteiger partial charge in [-0.2, -0.15) is 0 Å². The second-order valence-corrected chi connectivity index (χ2v) is 3.54. The van der Waals surface area contributed by atoms with Crippen molar-refractivity contribution in [1.82, 2.24) is 9.97 Å². The van der Waals surface area contributed by atoms with Gasteiger partial charge in [-0.1, -0.05) is 13.8 Å². The number of carboxylic acids is 1. The summed E-state index contributed by atoms with van der Waals surface area (Å²) >= 11 is 0. The number of aryl methyl sites for hydroxylation is 1. The lowest BCUT2D eigenvalue weighted by molar-refractivity contribution is 0.0689. The molecule has 0 aliphatic rings. The fraction of sp³-hybridized carbons (Fsp3) is 0.545. The van der Waals surface area contributed by atoms with Crippen molar-refractivity contribution < 1.29 is 9.90 Å². The molecule has 1 aromatic rings. The van der Waals surface area contributed by atoms with E-state index in [-0.39, 0.29) is 5.69 Å². The van der Waals surface area contributed by atoms with E-state index in [1.54, 1.807) is 13.0 Å². The fourth-order valence-corrected chi connectivity index (χ4v) is 1.62. The molecule has 4 nitrogen and oxygen atoms in total. The van der Waals surface area contributed by atoms with E-state index < -0.39 is 5.97 Å². The quantitative estimate of drug-likeness (QED) is 0.825. The van der Waals surface area contributed by atoms with Gasteiger partial charge < -0.3 is 5.11 Å². The molecule has 0 radical (unpaired) electrons. The Hall–Kier alpha value is -1.45. The molecule has 1 aromatic heterocycles. The molecule has 0 fully saturated rings. The van der Waals surface area contributed by atoms with Crippen LogP contribution in [-0.4, -0.2) is 21.0 Å². The van der Waals surface area contributed by atoms with Crippen molar-refractivity contribution in [3.63, 3.8) is 0 Å². The molecule has 0 unspecified atom stereocenters. The number of nitrogens with zero attached hydrogens (tertiary/aromatic N) is 2. The Morgan fingerprint density at radius 3 is 2.47 bits per heavy atom. The zero-order valence-corrected chi connectivity index (χ0v) is 9.32. The van der Waals surface area contributed by atoms with Crippen LogP contribution >= 0.6 is 0 Å². The highest BCUT2D eigenvalue weighted by molar-refractivity contribution is 5.85. The number of carbonyl (C=O) groups is 1. The lowest BCUT2D eigenvalue weighted by Crippen LogP contribution is -2.08. The van der Waals surface area contributed by atoms with Crippen LogP contribution in [0.2, 0.25) is 0 Å². The van der Waals surface area contributed by atoms with Crippen molar-refractivity contribution in [1.29, 1.82) is 0 Å². The molecule has 82 valence electrons. The van der Waals surface area contributed by atoms with E-state index >= 15 is 0 Å². The van der Waals surface area contributed by atoms with Gasteiger partial charge in [-0.05, 0) is 25.8 Å². The summed E-state index contributed by atoms with van der Waals surface area (Å²) in [5.74, 6) is -0.144. The topological polar surface area (TPSA) is 63.1 Å². The molecule has 0 bridgehead atoms. The summed E-state index contributed by atoms with van der Waals surface area (Å²) in [5, 5.41) is 8.87. The number of carboxylic acid groups (broad SMARTS) is 1. The minimum absolute atomic E-state index is 0.0874. The van der Waals surface area contributed by atoms with Crippen molar-refractivity contribution in [3.8, 4) is 0 Å². The molecule has 1 heterocycles. The molecule has 4 heteroatoms. The van der Waals surface area contributed by atoms with Crippen LogP contribution in [-0.2, 0) is 0 Å². The summed E-state index contributed by atoms with van der Waals surface area (Å²) in [7, 11) is 0. The fourth-order valence-electron chi connectivity index (χ4n) is 1.62. The van der Waals surface area contributed by atoms with Gasteiger partial charge >= 0.3 is 5.97 Å². The highest BCUT2D eigenvalue weighted by atomic mass is 16.4. The van der Waals surface area contributed by atoms with Crippen LogP contribution in [0.25, 0.3) is 0 Å². The average Bonchev–Trinajstić information content (AvgIpc) is 2.18. The van der Waals surface area contributed by atoms with Crippen LogP contribution in [0.4, 0.5) is 0 Å². The third kappa shape index (κ3) is 2.75. The first kappa shape index (κ1) is 11.6. The normalized spacial score (nSPS) is 10.7. The van der Waals surface area contributed by atoms with Gasteiger partial charge in [0.2, 0.25) is 0 Å². The summed E-state index contributed by atoms with van der Waals surface area (Å²) in [5.41, 5.74) is 0.925. The summed E-state index contributed by atoms with van der Waals surface area (Å²) < 4.78 is 0. The molecular weight excluding hydrogens is 192 g/mol. The maximum Gasteiger partial charge on any atom is 0.354 e. The Bertz CT molecular complexity index is 360. The predicted molar refractivity (Wildman–Crippen MR) is 57.1 cm³/mol. The van der Waals surface area contributed by atoms with Crippen LogP contribution < -0.4 is 0 Å². The molecule has 1 rings (SSSR count). The SMILES string of the molecule is CCC(CC)c1cc(C(=O)O)nc(C)n1. The van der Waals surface area contributed by atoms with E-state index in [0.29, 0.717) is 11.7 Å². The van der Waals surface area contributed by atoms with E-state index in [1.807, 2.05) is 0 Å². The maximum absolute atomic E-state index is 10.8. The van der Waals surface area contributed by atoms with Crippen LogP contribution in [0.5, 0.6) is 0 Å². The smallest absolute Gasteiger partial charge is 0.354 e. The number of aromatic carboxylic acids is 1. The van der Waals surface area contributed by atoms with Crippen LogP contribution in [0, 0.1) is 6.92 Å². The van der Waals surface area contributed by atoms with E-state index in [2.05, 4.69) is 23.8 Å². The highest BCUT2D eigenvalue weighted by Crippen LogP contribution is 2.21. The Kier molecular flexibility index (Phi) is 3.77. The van der Waals surface area contributed by atoms with E-state index in [9.17, 15) is 4.79 Å². The zero-order valence-electron chi connectivity index (χ0n) is 9.32.